The van der Waals surface area contributed by atoms with E-state index in [4.69, 9.17) is 28.0 Å². The minimum Gasteiger partial charge on any atom is -0.296 e. The largest absolute Gasteiger partial charge is 0.296 e. The highest BCUT2D eigenvalue weighted by Crippen LogP contribution is 2.20. The van der Waals surface area contributed by atoms with Gasteiger partial charge in [0, 0.05) is 16.6 Å². The van der Waals surface area contributed by atoms with Crippen LogP contribution in [-0.2, 0) is 11.4 Å². The van der Waals surface area contributed by atoms with Crippen LogP contribution in [0.4, 0.5) is 0 Å². The highest BCUT2D eigenvalue weighted by molar-refractivity contribution is 6.35. The van der Waals surface area contributed by atoms with Gasteiger partial charge in [-0.15, -0.1) is 0 Å². The normalized spacial score (nSPS) is 11.8. The minimum absolute atomic E-state index is 0.209. The molecule has 0 fully saturated rings. The van der Waals surface area contributed by atoms with Crippen molar-refractivity contribution in [3.63, 3.8) is 0 Å². The molecule has 0 heterocycles. The molecule has 0 aromatic heterocycles. The molecule has 0 bridgehead atoms. The highest BCUT2D eigenvalue weighted by Gasteiger charge is 2.10. The second-order valence-corrected chi connectivity index (χ2v) is 5.11. The van der Waals surface area contributed by atoms with Crippen molar-refractivity contribution >= 4 is 23.2 Å². The Hall–Kier alpha value is -0.280. The lowest BCUT2D eigenvalue weighted by Crippen LogP contribution is -2.28. The van der Waals surface area contributed by atoms with Gasteiger partial charge >= 0.3 is 0 Å². The van der Waals surface area contributed by atoms with Crippen molar-refractivity contribution in [3.05, 3.63) is 33.8 Å². The van der Waals surface area contributed by atoms with Gasteiger partial charge in [-0.2, -0.15) is 5.48 Å². The fourth-order valence-corrected chi connectivity index (χ4v) is 1.47. The van der Waals surface area contributed by atoms with Gasteiger partial charge in [-0.3, -0.25) is 4.84 Å². The molecule has 0 saturated heterocycles. The SMILES string of the molecule is CC(C)(C)ONCc1ccc(Cl)cc1Cl. The number of nitrogens with one attached hydrogen (secondary N) is 1. The Kier molecular flexibility index (Phi) is 4.41. The average molecular weight is 248 g/mol. The molecular formula is C11H15Cl2NO. The van der Waals surface area contributed by atoms with Crippen LogP contribution in [0.2, 0.25) is 10.0 Å². The van der Waals surface area contributed by atoms with E-state index in [1.165, 1.54) is 0 Å². The summed E-state index contributed by atoms with van der Waals surface area (Å²) in [7, 11) is 0. The molecule has 1 N–H and O–H groups in total. The predicted octanol–water partition coefficient (Wildman–Crippen LogP) is 3.81. The van der Waals surface area contributed by atoms with Crippen molar-refractivity contribution in [3.8, 4) is 0 Å². The lowest BCUT2D eigenvalue weighted by atomic mass is 10.2. The number of hydrogen-bond donors (Lipinski definition) is 1. The van der Waals surface area contributed by atoms with Crippen LogP contribution < -0.4 is 5.48 Å². The molecule has 84 valence electrons. The van der Waals surface area contributed by atoms with Crippen molar-refractivity contribution < 1.29 is 4.84 Å². The van der Waals surface area contributed by atoms with Crippen LogP contribution in [0.5, 0.6) is 0 Å². The first kappa shape index (κ1) is 12.8. The Labute approximate surface area is 100 Å². The summed E-state index contributed by atoms with van der Waals surface area (Å²) in [5.41, 5.74) is 3.63. The highest BCUT2D eigenvalue weighted by atomic mass is 35.5. The van der Waals surface area contributed by atoms with E-state index >= 15 is 0 Å². The van der Waals surface area contributed by atoms with E-state index < -0.39 is 0 Å². The van der Waals surface area contributed by atoms with Gasteiger partial charge in [0.1, 0.15) is 0 Å². The average Bonchev–Trinajstić information content (AvgIpc) is 2.07. The van der Waals surface area contributed by atoms with Gasteiger partial charge in [0.05, 0.1) is 5.60 Å². The minimum atomic E-state index is -0.209. The first-order chi connectivity index (χ1) is 6.88. The maximum absolute atomic E-state index is 6.00. The van der Waals surface area contributed by atoms with E-state index in [-0.39, 0.29) is 5.60 Å². The summed E-state index contributed by atoms with van der Waals surface area (Å²) in [5, 5.41) is 1.29. The molecule has 0 atom stereocenters. The van der Waals surface area contributed by atoms with Crippen molar-refractivity contribution in [2.75, 3.05) is 0 Å². The van der Waals surface area contributed by atoms with Crippen molar-refractivity contribution in [2.45, 2.75) is 32.9 Å². The van der Waals surface area contributed by atoms with E-state index in [1.54, 1.807) is 6.07 Å². The van der Waals surface area contributed by atoms with Gasteiger partial charge in [0.25, 0.3) is 0 Å². The third-order valence-electron chi connectivity index (χ3n) is 1.66. The Morgan fingerprint density at radius 2 is 1.93 bits per heavy atom. The van der Waals surface area contributed by atoms with E-state index in [1.807, 2.05) is 32.9 Å². The molecule has 0 aliphatic rings. The zero-order valence-corrected chi connectivity index (χ0v) is 10.6. The molecule has 0 unspecified atom stereocenters. The van der Waals surface area contributed by atoms with Gasteiger partial charge in [-0.05, 0) is 38.5 Å². The third-order valence-corrected chi connectivity index (χ3v) is 2.24. The van der Waals surface area contributed by atoms with E-state index in [2.05, 4.69) is 5.48 Å². The van der Waals surface area contributed by atoms with E-state index in [0.717, 1.165) is 5.56 Å². The van der Waals surface area contributed by atoms with Crippen LogP contribution in [0.15, 0.2) is 18.2 Å². The maximum atomic E-state index is 6.00. The summed E-state index contributed by atoms with van der Waals surface area (Å²) in [4.78, 5) is 5.38. The van der Waals surface area contributed by atoms with E-state index in [0.29, 0.717) is 16.6 Å². The topological polar surface area (TPSA) is 21.3 Å². The van der Waals surface area contributed by atoms with Crippen LogP contribution in [0.25, 0.3) is 0 Å². The van der Waals surface area contributed by atoms with Gasteiger partial charge in [-0.25, -0.2) is 0 Å². The molecule has 0 amide bonds. The second-order valence-electron chi connectivity index (χ2n) is 4.27. The Morgan fingerprint density at radius 3 is 2.47 bits per heavy atom. The Balaban J connectivity index is 2.51. The number of hydroxylamine groups is 1. The third kappa shape index (κ3) is 4.85. The Morgan fingerprint density at radius 1 is 1.27 bits per heavy atom. The van der Waals surface area contributed by atoms with Crippen LogP contribution in [0.3, 0.4) is 0 Å². The zero-order valence-electron chi connectivity index (χ0n) is 9.10. The van der Waals surface area contributed by atoms with Crippen molar-refractivity contribution in [1.29, 1.82) is 0 Å². The van der Waals surface area contributed by atoms with Crippen LogP contribution >= 0.6 is 23.2 Å². The summed E-state index contributed by atoms with van der Waals surface area (Å²) < 4.78 is 0. The number of benzene rings is 1. The molecular weight excluding hydrogens is 233 g/mol. The van der Waals surface area contributed by atoms with Crippen molar-refractivity contribution in [2.24, 2.45) is 0 Å². The summed E-state index contributed by atoms with van der Waals surface area (Å²) in [6.07, 6.45) is 0. The Bertz CT molecular complexity index is 334. The molecule has 1 aromatic carbocycles. The standard InChI is InChI=1S/C11H15Cl2NO/c1-11(2,3)15-14-7-8-4-5-9(12)6-10(8)13/h4-6,14H,7H2,1-3H3. The zero-order chi connectivity index (χ0) is 11.5. The molecule has 4 heteroatoms. The lowest BCUT2D eigenvalue weighted by Gasteiger charge is -2.19. The molecule has 15 heavy (non-hydrogen) atoms. The van der Waals surface area contributed by atoms with Gasteiger partial charge in [0.15, 0.2) is 0 Å². The second kappa shape index (κ2) is 5.17. The summed E-state index contributed by atoms with van der Waals surface area (Å²) in [6.45, 7) is 6.49. The summed E-state index contributed by atoms with van der Waals surface area (Å²) in [6, 6.07) is 5.41. The van der Waals surface area contributed by atoms with Crippen LogP contribution in [-0.4, -0.2) is 5.60 Å². The monoisotopic (exact) mass is 247 g/mol. The van der Waals surface area contributed by atoms with Crippen LogP contribution in [0.1, 0.15) is 26.3 Å². The number of rotatable bonds is 3. The van der Waals surface area contributed by atoms with Gasteiger partial charge in [0.2, 0.25) is 0 Å². The first-order valence-electron chi connectivity index (χ1n) is 4.73. The van der Waals surface area contributed by atoms with E-state index in [9.17, 15) is 0 Å². The fourth-order valence-electron chi connectivity index (χ4n) is 0.995. The number of halogens is 2. The smallest absolute Gasteiger partial charge is 0.0813 e. The molecule has 1 aromatic rings. The molecule has 0 aliphatic heterocycles. The molecule has 0 aliphatic carbocycles. The molecule has 1 rings (SSSR count). The maximum Gasteiger partial charge on any atom is 0.0813 e. The fraction of sp³-hybridized carbons (Fsp3) is 0.455. The molecule has 0 saturated carbocycles. The summed E-state index contributed by atoms with van der Waals surface area (Å²) >= 11 is 11.8. The molecule has 2 nitrogen and oxygen atoms in total. The lowest BCUT2D eigenvalue weighted by molar-refractivity contribution is -0.0757. The predicted molar refractivity (Wildman–Crippen MR) is 64.1 cm³/mol. The first-order valence-corrected chi connectivity index (χ1v) is 5.49. The van der Waals surface area contributed by atoms with Crippen molar-refractivity contribution in [1.82, 2.24) is 5.48 Å². The molecule has 0 radical (unpaired) electrons. The van der Waals surface area contributed by atoms with Gasteiger partial charge in [-0.1, -0.05) is 29.3 Å². The van der Waals surface area contributed by atoms with Crippen LogP contribution in [0, 0.1) is 0 Å². The quantitative estimate of drug-likeness (QED) is 0.821. The summed E-state index contributed by atoms with van der Waals surface area (Å²) in [5.74, 6) is 0. The van der Waals surface area contributed by atoms with Gasteiger partial charge < -0.3 is 0 Å². The molecule has 0 spiro atoms. The number of hydrogen-bond acceptors (Lipinski definition) is 2.